The molecule has 0 radical (unpaired) electrons. The van der Waals surface area contributed by atoms with Crippen LogP contribution < -0.4 is 4.74 Å². The maximum Gasteiger partial charge on any atom is 0.248 e. The molecule has 1 aromatic carbocycles. The number of aromatic amines is 1. The molecule has 34 heavy (non-hydrogen) atoms. The van der Waals surface area contributed by atoms with Crippen molar-refractivity contribution in [3.63, 3.8) is 0 Å². The standard InChI is InChI=1S/C25H26N6O3/c1-30(25(33)16-32)20-7-9-31(15-20)14-17-10-18-2-4-21(11-23(18)26-12-17)34-24-5-3-19(13-27-24)22-6-8-28-29-22/h2-6,8,10-13,20,32H,7,9,14-16H2,1H3,(H,28,29)/t20-/m1/s1. The second-order valence-corrected chi connectivity index (χ2v) is 8.50. The van der Waals surface area contributed by atoms with E-state index in [9.17, 15) is 4.79 Å². The summed E-state index contributed by atoms with van der Waals surface area (Å²) in [5.74, 6) is 0.946. The molecular weight excluding hydrogens is 432 g/mol. The van der Waals surface area contributed by atoms with Gasteiger partial charge in [0.05, 0.1) is 11.2 Å². The summed E-state index contributed by atoms with van der Waals surface area (Å²) in [5, 5.41) is 17.0. The number of benzene rings is 1. The molecule has 1 aliphatic heterocycles. The maximum absolute atomic E-state index is 11.7. The van der Waals surface area contributed by atoms with Crippen LogP contribution in [0.5, 0.6) is 11.6 Å². The van der Waals surface area contributed by atoms with Crippen molar-refractivity contribution in [1.82, 2.24) is 30.0 Å². The summed E-state index contributed by atoms with van der Waals surface area (Å²) in [7, 11) is 1.76. The number of likely N-dealkylation sites (tertiary alicyclic amines) is 1. The molecule has 5 rings (SSSR count). The van der Waals surface area contributed by atoms with Crippen molar-refractivity contribution < 1.29 is 14.6 Å². The Kier molecular flexibility index (Phi) is 6.20. The number of hydrogen-bond acceptors (Lipinski definition) is 7. The Bertz CT molecular complexity index is 1280. The number of ether oxygens (including phenoxy) is 1. The Labute approximate surface area is 197 Å². The number of carbonyl (C=O) groups is 1. The van der Waals surface area contributed by atoms with Crippen molar-refractivity contribution in [3.05, 3.63) is 66.6 Å². The van der Waals surface area contributed by atoms with E-state index in [1.54, 1.807) is 24.3 Å². The number of nitrogens with zero attached hydrogens (tertiary/aromatic N) is 5. The molecule has 0 bridgehead atoms. The van der Waals surface area contributed by atoms with Gasteiger partial charge in [0.2, 0.25) is 11.8 Å². The first-order chi connectivity index (χ1) is 16.6. The Morgan fingerprint density at radius 3 is 2.88 bits per heavy atom. The maximum atomic E-state index is 11.7. The van der Waals surface area contributed by atoms with E-state index >= 15 is 0 Å². The van der Waals surface area contributed by atoms with Crippen molar-refractivity contribution >= 4 is 16.8 Å². The van der Waals surface area contributed by atoms with Crippen LogP contribution in [0, 0.1) is 0 Å². The van der Waals surface area contributed by atoms with Crippen LogP contribution in [0.2, 0.25) is 0 Å². The zero-order chi connectivity index (χ0) is 23.5. The fourth-order valence-corrected chi connectivity index (χ4v) is 4.28. The zero-order valence-electron chi connectivity index (χ0n) is 18.9. The lowest BCUT2D eigenvalue weighted by Gasteiger charge is -2.24. The number of aliphatic hydroxyl groups is 1. The van der Waals surface area contributed by atoms with E-state index in [0.29, 0.717) is 11.6 Å². The number of fused-ring (bicyclic) bond motifs is 1. The number of nitrogens with one attached hydrogen (secondary N) is 1. The van der Waals surface area contributed by atoms with Crippen LogP contribution in [0.4, 0.5) is 0 Å². The molecule has 0 unspecified atom stereocenters. The number of pyridine rings is 2. The fourth-order valence-electron chi connectivity index (χ4n) is 4.28. The van der Waals surface area contributed by atoms with Crippen molar-refractivity contribution in [2.24, 2.45) is 0 Å². The molecule has 1 fully saturated rings. The molecule has 2 N–H and O–H groups in total. The number of rotatable bonds is 7. The van der Waals surface area contributed by atoms with Gasteiger partial charge in [0.15, 0.2) is 0 Å². The molecule has 1 aliphatic rings. The molecule has 9 nitrogen and oxygen atoms in total. The highest BCUT2D eigenvalue weighted by molar-refractivity contribution is 5.80. The van der Waals surface area contributed by atoms with Crippen molar-refractivity contribution in [1.29, 1.82) is 0 Å². The van der Waals surface area contributed by atoms with Gasteiger partial charge < -0.3 is 14.7 Å². The lowest BCUT2D eigenvalue weighted by Crippen LogP contribution is -2.40. The Morgan fingerprint density at radius 1 is 1.21 bits per heavy atom. The lowest BCUT2D eigenvalue weighted by molar-refractivity contribution is -0.134. The van der Waals surface area contributed by atoms with Crippen LogP contribution in [0.15, 0.2) is 61.1 Å². The number of aliphatic hydroxyl groups excluding tert-OH is 1. The number of carbonyl (C=O) groups excluding carboxylic acids is 1. The minimum Gasteiger partial charge on any atom is -0.439 e. The van der Waals surface area contributed by atoms with Crippen LogP contribution in [0.3, 0.4) is 0 Å². The monoisotopic (exact) mass is 458 g/mol. The van der Waals surface area contributed by atoms with E-state index in [4.69, 9.17) is 9.84 Å². The van der Waals surface area contributed by atoms with E-state index in [-0.39, 0.29) is 11.9 Å². The third-order valence-corrected chi connectivity index (χ3v) is 6.21. The molecule has 9 heteroatoms. The molecule has 1 atom stereocenters. The van der Waals surface area contributed by atoms with E-state index in [0.717, 1.165) is 53.8 Å². The first-order valence-corrected chi connectivity index (χ1v) is 11.2. The molecule has 174 valence electrons. The molecule has 0 spiro atoms. The van der Waals surface area contributed by atoms with E-state index in [2.05, 4.69) is 31.1 Å². The Morgan fingerprint density at radius 2 is 2.12 bits per heavy atom. The predicted octanol–water partition coefficient (Wildman–Crippen LogP) is 2.84. The van der Waals surface area contributed by atoms with Gasteiger partial charge in [0.1, 0.15) is 12.4 Å². The summed E-state index contributed by atoms with van der Waals surface area (Å²) >= 11 is 0. The second-order valence-electron chi connectivity index (χ2n) is 8.50. The van der Waals surface area contributed by atoms with E-state index < -0.39 is 6.61 Å². The predicted molar refractivity (Wildman–Crippen MR) is 127 cm³/mol. The number of H-pyrrole nitrogens is 1. The molecular formula is C25H26N6O3. The average molecular weight is 459 g/mol. The number of hydrogen-bond donors (Lipinski definition) is 2. The summed E-state index contributed by atoms with van der Waals surface area (Å²) in [5.41, 5.74) is 3.81. The first kappa shape index (κ1) is 22.0. The number of likely N-dealkylation sites (N-methyl/N-ethyl adjacent to an activating group) is 1. The van der Waals surface area contributed by atoms with Crippen LogP contribution in [-0.2, 0) is 11.3 Å². The lowest BCUT2D eigenvalue weighted by atomic mass is 10.1. The summed E-state index contributed by atoms with van der Waals surface area (Å²) in [6.45, 7) is 2.02. The fraction of sp³-hybridized carbons (Fsp3) is 0.280. The van der Waals surface area contributed by atoms with Gasteiger partial charge in [-0.15, -0.1) is 0 Å². The number of aromatic nitrogens is 4. The minimum atomic E-state index is -0.445. The summed E-state index contributed by atoms with van der Waals surface area (Å²) in [6, 6.07) is 13.7. The molecule has 3 aromatic heterocycles. The SMILES string of the molecule is CN(C(=O)CO)[C@@H]1CCN(Cc2cnc3cc(Oc4ccc(-c5ccn[nH]5)cn4)ccc3c2)C1. The Balaban J connectivity index is 1.23. The molecule has 0 aliphatic carbocycles. The molecule has 1 amide bonds. The third-order valence-electron chi connectivity index (χ3n) is 6.21. The third kappa shape index (κ3) is 4.75. The van der Waals surface area contributed by atoms with Gasteiger partial charge in [-0.25, -0.2) is 4.98 Å². The van der Waals surface area contributed by atoms with Gasteiger partial charge in [0.25, 0.3) is 0 Å². The van der Waals surface area contributed by atoms with Crippen molar-refractivity contribution in [3.8, 4) is 22.9 Å². The van der Waals surface area contributed by atoms with Gasteiger partial charge in [-0.3, -0.25) is 19.8 Å². The topological polar surface area (TPSA) is 107 Å². The Hall–Kier alpha value is -3.82. The van der Waals surface area contributed by atoms with Gasteiger partial charge in [-0.1, -0.05) is 0 Å². The van der Waals surface area contributed by atoms with E-state index in [1.165, 1.54) is 0 Å². The molecule has 1 saturated heterocycles. The van der Waals surface area contributed by atoms with Crippen LogP contribution in [0.1, 0.15) is 12.0 Å². The molecule has 4 heterocycles. The average Bonchev–Trinajstić information content (AvgIpc) is 3.56. The van der Waals surface area contributed by atoms with Gasteiger partial charge in [-0.05, 0) is 42.3 Å². The van der Waals surface area contributed by atoms with Gasteiger partial charge in [-0.2, -0.15) is 5.10 Å². The smallest absolute Gasteiger partial charge is 0.248 e. The van der Waals surface area contributed by atoms with Crippen LogP contribution >= 0.6 is 0 Å². The summed E-state index contributed by atoms with van der Waals surface area (Å²) in [6.07, 6.45) is 6.24. The van der Waals surface area contributed by atoms with Gasteiger partial charge >= 0.3 is 0 Å². The quantitative estimate of drug-likeness (QED) is 0.438. The zero-order valence-corrected chi connectivity index (χ0v) is 18.9. The van der Waals surface area contributed by atoms with Gasteiger partial charge in [0, 0.05) is 74.4 Å². The highest BCUT2D eigenvalue weighted by Crippen LogP contribution is 2.26. The van der Waals surface area contributed by atoms with Crippen LogP contribution in [0.25, 0.3) is 22.2 Å². The highest BCUT2D eigenvalue weighted by atomic mass is 16.5. The highest BCUT2D eigenvalue weighted by Gasteiger charge is 2.28. The van der Waals surface area contributed by atoms with E-state index in [1.807, 2.05) is 42.6 Å². The van der Waals surface area contributed by atoms with Crippen LogP contribution in [-0.4, -0.2) is 73.8 Å². The number of amides is 1. The summed E-state index contributed by atoms with van der Waals surface area (Å²) in [4.78, 5) is 24.7. The normalized spacial score (nSPS) is 16.1. The van der Waals surface area contributed by atoms with Crippen molar-refractivity contribution in [2.75, 3.05) is 26.7 Å². The molecule has 4 aromatic rings. The largest absolute Gasteiger partial charge is 0.439 e. The first-order valence-electron chi connectivity index (χ1n) is 11.2. The minimum absolute atomic E-state index is 0.134. The molecule has 0 saturated carbocycles. The summed E-state index contributed by atoms with van der Waals surface area (Å²) < 4.78 is 5.92. The second kappa shape index (κ2) is 9.58. The van der Waals surface area contributed by atoms with Crippen molar-refractivity contribution in [2.45, 2.75) is 19.0 Å².